The predicted molar refractivity (Wildman–Crippen MR) is 97.1 cm³/mol. The number of benzene rings is 2. The van der Waals surface area contributed by atoms with E-state index in [1.165, 1.54) is 17.0 Å². The summed E-state index contributed by atoms with van der Waals surface area (Å²) in [6.45, 7) is 3.84. The highest BCUT2D eigenvalue weighted by atomic mass is 19.4. The number of aryl methyl sites for hydroxylation is 1. The van der Waals surface area contributed by atoms with Crippen LogP contribution in [0.15, 0.2) is 42.5 Å². The highest BCUT2D eigenvalue weighted by Gasteiger charge is 2.31. The number of hydrogen-bond donors (Lipinski definition) is 0. The van der Waals surface area contributed by atoms with E-state index < -0.39 is 11.7 Å². The van der Waals surface area contributed by atoms with Crippen LogP contribution in [0.25, 0.3) is 11.1 Å². The SMILES string of the molecule is CC(C)CC(=O)N1C(=O)CCc2cc(-c3ccc(C(F)(F)F)cc3)ccc21. The zero-order valence-electron chi connectivity index (χ0n) is 15.1. The monoisotopic (exact) mass is 375 g/mol. The van der Waals surface area contributed by atoms with Gasteiger partial charge in [-0.05, 0) is 53.3 Å². The van der Waals surface area contributed by atoms with Gasteiger partial charge in [-0.3, -0.25) is 14.5 Å². The second-order valence-electron chi connectivity index (χ2n) is 7.14. The number of fused-ring (bicyclic) bond motifs is 1. The van der Waals surface area contributed by atoms with Crippen LogP contribution >= 0.6 is 0 Å². The number of amides is 2. The molecule has 142 valence electrons. The molecule has 2 aromatic carbocycles. The molecule has 0 fully saturated rings. The standard InChI is InChI=1S/C21H20F3NO2/c1-13(2)11-20(27)25-18-9-5-15(12-16(18)6-10-19(25)26)14-3-7-17(8-4-14)21(22,23)24/h3-5,7-9,12-13H,6,10-11H2,1-2H3. The van der Waals surface area contributed by atoms with Gasteiger partial charge in [0.25, 0.3) is 0 Å². The number of hydrogen-bond acceptors (Lipinski definition) is 2. The molecular formula is C21H20F3NO2. The minimum atomic E-state index is -4.37. The molecule has 3 rings (SSSR count). The van der Waals surface area contributed by atoms with Crippen molar-refractivity contribution >= 4 is 17.5 Å². The fourth-order valence-corrected chi connectivity index (χ4v) is 3.24. The van der Waals surface area contributed by atoms with E-state index in [4.69, 9.17) is 0 Å². The fourth-order valence-electron chi connectivity index (χ4n) is 3.24. The molecule has 2 aromatic rings. The normalized spacial score (nSPS) is 14.4. The van der Waals surface area contributed by atoms with Crippen LogP contribution in [0.5, 0.6) is 0 Å². The van der Waals surface area contributed by atoms with E-state index in [-0.39, 0.29) is 30.6 Å². The Bertz CT molecular complexity index is 870. The summed E-state index contributed by atoms with van der Waals surface area (Å²) in [4.78, 5) is 26.0. The third-order valence-corrected chi connectivity index (χ3v) is 4.56. The Morgan fingerprint density at radius 1 is 1.04 bits per heavy atom. The van der Waals surface area contributed by atoms with Crippen LogP contribution < -0.4 is 4.90 Å². The van der Waals surface area contributed by atoms with E-state index in [0.717, 1.165) is 23.3 Å². The Morgan fingerprint density at radius 3 is 2.26 bits per heavy atom. The smallest absolute Gasteiger partial charge is 0.274 e. The minimum Gasteiger partial charge on any atom is -0.274 e. The molecule has 0 aliphatic carbocycles. The van der Waals surface area contributed by atoms with Crippen LogP contribution in [0.1, 0.15) is 37.8 Å². The van der Waals surface area contributed by atoms with Gasteiger partial charge in [-0.15, -0.1) is 0 Å². The van der Waals surface area contributed by atoms with Crippen LogP contribution in [0.4, 0.5) is 18.9 Å². The molecule has 6 heteroatoms. The first kappa shape index (κ1) is 19.1. The number of carbonyl (C=O) groups is 2. The average molecular weight is 375 g/mol. The van der Waals surface area contributed by atoms with Crippen molar-refractivity contribution in [1.29, 1.82) is 0 Å². The summed E-state index contributed by atoms with van der Waals surface area (Å²) in [5.74, 6) is -0.296. The van der Waals surface area contributed by atoms with Gasteiger partial charge in [0.1, 0.15) is 0 Å². The van der Waals surface area contributed by atoms with E-state index in [9.17, 15) is 22.8 Å². The largest absolute Gasteiger partial charge is 0.416 e. The van der Waals surface area contributed by atoms with Gasteiger partial charge in [0, 0.05) is 12.8 Å². The first-order chi connectivity index (χ1) is 12.7. The number of carbonyl (C=O) groups excluding carboxylic acids is 2. The molecule has 0 spiro atoms. The topological polar surface area (TPSA) is 37.4 Å². The molecule has 1 aliphatic rings. The van der Waals surface area contributed by atoms with E-state index >= 15 is 0 Å². The van der Waals surface area contributed by atoms with Crippen LogP contribution in [0, 0.1) is 5.92 Å². The molecule has 0 saturated carbocycles. The van der Waals surface area contributed by atoms with Crippen molar-refractivity contribution in [3.8, 4) is 11.1 Å². The number of halogens is 3. The molecule has 0 radical (unpaired) electrons. The maximum Gasteiger partial charge on any atom is 0.416 e. The molecule has 3 nitrogen and oxygen atoms in total. The third kappa shape index (κ3) is 4.04. The summed E-state index contributed by atoms with van der Waals surface area (Å²) >= 11 is 0. The highest BCUT2D eigenvalue weighted by Crippen LogP contribution is 2.34. The molecule has 0 saturated heterocycles. The molecule has 27 heavy (non-hydrogen) atoms. The lowest BCUT2D eigenvalue weighted by molar-refractivity contribution is -0.137. The Labute approximate surface area is 155 Å². The van der Waals surface area contributed by atoms with Gasteiger partial charge in [-0.1, -0.05) is 32.0 Å². The van der Waals surface area contributed by atoms with Crippen molar-refractivity contribution in [3.05, 3.63) is 53.6 Å². The Morgan fingerprint density at radius 2 is 1.67 bits per heavy atom. The Kier molecular flexibility index (Phi) is 5.09. The van der Waals surface area contributed by atoms with Crippen molar-refractivity contribution < 1.29 is 22.8 Å². The molecule has 1 heterocycles. The van der Waals surface area contributed by atoms with Gasteiger partial charge in [0.15, 0.2) is 0 Å². The van der Waals surface area contributed by atoms with Crippen LogP contribution in [-0.4, -0.2) is 11.8 Å². The summed E-state index contributed by atoms with van der Waals surface area (Å²) < 4.78 is 38.2. The summed E-state index contributed by atoms with van der Waals surface area (Å²) in [5, 5.41) is 0. The van der Waals surface area contributed by atoms with Crippen molar-refractivity contribution in [3.63, 3.8) is 0 Å². The molecule has 0 atom stereocenters. The fraction of sp³-hybridized carbons (Fsp3) is 0.333. The van der Waals surface area contributed by atoms with Crippen molar-refractivity contribution in [2.75, 3.05) is 4.90 Å². The maximum atomic E-state index is 12.7. The maximum absolute atomic E-state index is 12.7. The number of anilines is 1. The minimum absolute atomic E-state index is 0.141. The van der Waals surface area contributed by atoms with Crippen molar-refractivity contribution in [2.24, 2.45) is 5.92 Å². The van der Waals surface area contributed by atoms with Crippen molar-refractivity contribution in [2.45, 2.75) is 39.3 Å². The first-order valence-corrected chi connectivity index (χ1v) is 8.83. The molecule has 0 N–H and O–H groups in total. The quantitative estimate of drug-likeness (QED) is 0.737. The van der Waals surface area contributed by atoms with Crippen LogP contribution in [-0.2, 0) is 22.2 Å². The van der Waals surface area contributed by atoms with Gasteiger partial charge < -0.3 is 0 Å². The highest BCUT2D eigenvalue weighted by molar-refractivity contribution is 6.16. The molecule has 0 unspecified atom stereocenters. The van der Waals surface area contributed by atoms with E-state index in [1.54, 1.807) is 12.1 Å². The second-order valence-corrected chi connectivity index (χ2v) is 7.14. The lowest BCUT2D eigenvalue weighted by Crippen LogP contribution is -2.40. The summed E-state index contributed by atoms with van der Waals surface area (Å²) in [7, 11) is 0. The number of alkyl halides is 3. The Hall–Kier alpha value is -2.63. The number of imide groups is 1. The Balaban J connectivity index is 1.93. The van der Waals surface area contributed by atoms with E-state index in [0.29, 0.717) is 17.7 Å². The zero-order valence-corrected chi connectivity index (χ0v) is 15.1. The van der Waals surface area contributed by atoms with Gasteiger partial charge in [0.05, 0.1) is 11.3 Å². The summed E-state index contributed by atoms with van der Waals surface area (Å²) in [6.07, 6.45) is -3.33. The lowest BCUT2D eigenvalue weighted by atomic mass is 9.95. The van der Waals surface area contributed by atoms with Gasteiger partial charge in [0.2, 0.25) is 11.8 Å². The van der Waals surface area contributed by atoms with E-state index in [2.05, 4.69) is 0 Å². The lowest BCUT2D eigenvalue weighted by Gasteiger charge is -2.28. The predicted octanol–water partition coefficient (Wildman–Crippen LogP) is 5.22. The van der Waals surface area contributed by atoms with Gasteiger partial charge >= 0.3 is 6.18 Å². The molecular weight excluding hydrogens is 355 g/mol. The molecule has 2 amide bonds. The van der Waals surface area contributed by atoms with Crippen LogP contribution in [0.2, 0.25) is 0 Å². The molecule has 0 aromatic heterocycles. The van der Waals surface area contributed by atoms with E-state index in [1.807, 2.05) is 19.9 Å². The van der Waals surface area contributed by atoms with Crippen LogP contribution in [0.3, 0.4) is 0 Å². The molecule has 1 aliphatic heterocycles. The van der Waals surface area contributed by atoms with Crippen molar-refractivity contribution in [1.82, 2.24) is 0 Å². The van der Waals surface area contributed by atoms with Gasteiger partial charge in [-0.25, -0.2) is 0 Å². The zero-order chi connectivity index (χ0) is 19.8. The summed E-state index contributed by atoms with van der Waals surface area (Å²) in [5.41, 5.74) is 2.15. The average Bonchev–Trinajstić information content (AvgIpc) is 2.60. The van der Waals surface area contributed by atoms with Gasteiger partial charge in [-0.2, -0.15) is 13.2 Å². The second kappa shape index (κ2) is 7.18. The molecule has 0 bridgehead atoms. The summed E-state index contributed by atoms with van der Waals surface area (Å²) in [6, 6.07) is 10.3. The number of rotatable bonds is 3. The number of nitrogens with zero attached hydrogens (tertiary/aromatic N) is 1. The third-order valence-electron chi connectivity index (χ3n) is 4.56. The first-order valence-electron chi connectivity index (χ1n) is 8.83.